The molecule has 2 amide bonds. The van der Waals surface area contributed by atoms with Crippen molar-refractivity contribution in [3.8, 4) is 0 Å². The SMILES string of the molecule is CCO/C=C/c1ccc(Br)cc1C(=O)N[C@@H](C(=O)N1CCC(OC2CCN(CC(=O)OCC)CC2)CC1)C1CCCCC1. The van der Waals surface area contributed by atoms with Crippen molar-refractivity contribution in [2.24, 2.45) is 5.92 Å². The maximum Gasteiger partial charge on any atom is 0.320 e. The van der Waals surface area contributed by atoms with Crippen LogP contribution >= 0.6 is 15.9 Å². The molecular formula is C33H48BrN3O6. The number of piperidine rings is 2. The summed E-state index contributed by atoms with van der Waals surface area (Å²) in [5, 5.41) is 3.17. The Balaban J connectivity index is 1.33. The number of nitrogens with zero attached hydrogens (tertiary/aromatic N) is 2. The molecule has 9 nitrogen and oxygen atoms in total. The van der Waals surface area contributed by atoms with Gasteiger partial charge in [0.2, 0.25) is 5.91 Å². The van der Waals surface area contributed by atoms with Crippen molar-refractivity contribution in [1.82, 2.24) is 15.1 Å². The zero-order valence-electron chi connectivity index (χ0n) is 25.7. The molecule has 0 unspecified atom stereocenters. The third kappa shape index (κ3) is 10.0. The Morgan fingerprint density at radius 3 is 2.28 bits per heavy atom. The molecule has 43 heavy (non-hydrogen) atoms. The van der Waals surface area contributed by atoms with Crippen molar-refractivity contribution in [2.75, 3.05) is 45.9 Å². The highest BCUT2D eigenvalue weighted by Crippen LogP contribution is 2.29. The summed E-state index contributed by atoms with van der Waals surface area (Å²) in [5.74, 6) is -0.257. The number of ether oxygens (including phenoxy) is 3. The highest BCUT2D eigenvalue weighted by Gasteiger charge is 2.36. The van der Waals surface area contributed by atoms with Crippen LogP contribution in [0.15, 0.2) is 28.9 Å². The number of rotatable bonds is 12. The van der Waals surface area contributed by atoms with Gasteiger partial charge in [0.1, 0.15) is 6.04 Å². The van der Waals surface area contributed by atoms with E-state index in [0.29, 0.717) is 38.4 Å². The molecule has 1 saturated carbocycles. The van der Waals surface area contributed by atoms with Gasteiger partial charge in [-0.25, -0.2) is 0 Å². The number of halogens is 1. The van der Waals surface area contributed by atoms with Gasteiger partial charge in [0, 0.05) is 36.2 Å². The maximum atomic E-state index is 14.0. The van der Waals surface area contributed by atoms with Gasteiger partial charge in [-0.05, 0) is 82.1 Å². The molecule has 2 heterocycles. The van der Waals surface area contributed by atoms with E-state index in [-0.39, 0.29) is 35.9 Å². The number of hydrogen-bond donors (Lipinski definition) is 1. The van der Waals surface area contributed by atoms with E-state index in [2.05, 4.69) is 26.1 Å². The Morgan fingerprint density at radius 1 is 0.953 bits per heavy atom. The molecule has 0 aromatic heterocycles. The molecule has 1 aromatic carbocycles. The van der Waals surface area contributed by atoms with Gasteiger partial charge in [-0.1, -0.05) is 41.3 Å². The number of likely N-dealkylation sites (tertiary alicyclic amines) is 2. The number of amides is 2. The number of carbonyl (C=O) groups excluding carboxylic acids is 3. The van der Waals surface area contributed by atoms with Crippen LogP contribution in [0.2, 0.25) is 0 Å². The van der Waals surface area contributed by atoms with Crippen LogP contribution in [0.4, 0.5) is 0 Å². The molecule has 2 aliphatic heterocycles. The lowest BCUT2D eigenvalue weighted by molar-refractivity contribution is -0.146. The Hall–Kier alpha value is -2.43. The lowest BCUT2D eigenvalue weighted by Crippen LogP contribution is -2.55. The molecular weight excluding hydrogens is 614 g/mol. The molecule has 238 valence electrons. The summed E-state index contributed by atoms with van der Waals surface area (Å²) >= 11 is 3.50. The van der Waals surface area contributed by atoms with Crippen LogP contribution in [-0.4, -0.2) is 91.8 Å². The van der Waals surface area contributed by atoms with Crippen molar-refractivity contribution < 1.29 is 28.6 Å². The number of carbonyl (C=O) groups is 3. The first-order valence-electron chi connectivity index (χ1n) is 16.1. The molecule has 1 atom stereocenters. The standard InChI is InChI=1S/C33H48BrN3O6/c1-3-41-21-16-24-10-11-26(34)22-29(24)32(39)35-31(25-8-6-5-7-9-25)33(40)37-19-14-28(15-20-37)43-27-12-17-36(18-13-27)23-30(38)42-4-2/h10-11,16,21-22,25,27-28,31H,3-9,12-15,17-20,23H2,1-2H3,(H,35,39)/b21-16+/t31-/m1/s1. The van der Waals surface area contributed by atoms with Crippen molar-refractivity contribution >= 4 is 39.8 Å². The largest absolute Gasteiger partial charge is 0.501 e. The number of benzene rings is 1. The quantitative estimate of drug-likeness (QED) is 0.244. The lowest BCUT2D eigenvalue weighted by atomic mass is 9.83. The average molecular weight is 663 g/mol. The third-order valence-corrected chi connectivity index (χ3v) is 9.27. The highest BCUT2D eigenvalue weighted by atomic mass is 79.9. The summed E-state index contributed by atoms with van der Waals surface area (Å²) in [6.45, 7) is 7.94. The topological polar surface area (TPSA) is 97.4 Å². The Bertz CT molecular complexity index is 1090. The van der Waals surface area contributed by atoms with Gasteiger partial charge in [0.05, 0.1) is 38.2 Å². The second-order valence-corrected chi connectivity index (χ2v) is 12.7. The maximum absolute atomic E-state index is 14.0. The van der Waals surface area contributed by atoms with Gasteiger partial charge < -0.3 is 24.4 Å². The fourth-order valence-corrected chi connectivity index (χ4v) is 6.79. The van der Waals surface area contributed by atoms with E-state index in [1.165, 1.54) is 6.42 Å². The van der Waals surface area contributed by atoms with Crippen LogP contribution in [0.25, 0.3) is 6.08 Å². The minimum atomic E-state index is -0.545. The van der Waals surface area contributed by atoms with E-state index in [9.17, 15) is 14.4 Å². The first kappa shape index (κ1) is 33.5. The minimum absolute atomic E-state index is 0.0207. The molecule has 0 bridgehead atoms. The van der Waals surface area contributed by atoms with Crippen molar-refractivity contribution in [1.29, 1.82) is 0 Å². The van der Waals surface area contributed by atoms with Crippen LogP contribution in [-0.2, 0) is 23.8 Å². The zero-order valence-corrected chi connectivity index (χ0v) is 27.3. The van der Waals surface area contributed by atoms with E-state index < -0.39 is 6.04 Å². The molecule has 10 heteroatoms. The first-order valence-corrected chi connectivity index (χ1v) is 16.9. The Kier molecular flexibility index (Phi) is 13.4. The van der Waals surface area contributed by atoms with E-state index in [0.717, 1.165) is 74.5 Å². The fourth-order valence-electron chi connectivity index (χ4n) is 6.43. The highest BCUT2D eigenvalue weighted by molar-refractivity contribution is 9.10. The van der Waals surface area contributed by atoms with Crippen molar-refractivity contribution in [3.05, 3.63) is 40.1 Å². The predicted octanol–water partition coefficient (Wildman–Crippen LogP) is 5.17. The molecule has 4 rings (SSSR count). The van der Waals surface area contributed by atoms with Gasteiger partial charge in [-0.2, -0.15) is 0 Å². The van der Waals surface area contributed by atoms with E-state index in [1.54, 1.807) is 18.4 Å². The molecule has 3 fully saturated rings. The summed E-state index contributed by atoms with van der Waals surface area (Å²) < 4.78 is 17.7. The fraction of sp³-hybridized carbons (Fsp3) is 0.667. The molecule has 1 aromatic rings. The summed E-state index contributed by atoms with van der Waals surface area (Å²) in [6.07, 6.45) is 12.3. The lowest BCUT2D eigenvalue weighted by Gasteiger charge is -2.39. The zero-order chi connectivity index (χ0) is 30.6. The third-order valence-electron chi connectivity index (χ3n) is 8.78. The molecule has 2 saturated heterocycles. The van der Waals surface area contributed by atoms with Crippen LogP contribution in [0.5, 0.6) is 0 Å². The minimum Gasteiger partial charge on any atom is -0.501 e. The Morgan fingerprint density at radius 2 is 1.63 bits per heavy atom. The molecule has 1 aliphatic carbocycles. The smallest absolute Gasteiger partial charge is 0.320 e. The van der Waals surface area contributed by atoms with Crippen LogP contribution in [0.3, 0.4) is 0 Å². The van der Waals surface area contributed by atoms with Crippen LogP contribution in [0.1, 0.15) is 87.6 Å². The summed E-state index contributed by atoms with van der Waals surface area (Å²) in [6, 6.07) is 5.02. The second-order valence-electron chi connectivity index (χ2n) is 11.8. The van der Waals surface area contributed by atoms with E-state index in [1.807, 2.05) is 30.9 Å². The average Bonchev–Trinajstić information content (AvgIpc) is 3.02. The molecule has 0 radical (unpaired) electrons. The summed E-state index contributed by atoms with van der Waals surface area (Å²) in [7, 11) is 0. The monoisotopic (exact) mass is 661 g/mol. The normalized spacial score (nSPS) is 20.2. The Labute approximate surface area is 264 Å². The predicted molar refractivity (Wildman–Crippen MR) is 169 cm³/mol. The summed E-state index contributed by atoms with van der Waals surface area (Å²) in [4.78, 5) is 43.5. The molecule has 1 N–H and O–H groups in total. The van der Waals surface area contributed by atoms with Crippen LogP contribution in [0, 0.1) is 5.92 Å². The molecule has 3 aliphatic rings. The van der Waals surface area contributed by atoms with Crippen molar-refractivity contribution in [2.45, 2.75) is 89.9 Å². The van der Waals surface area contributed by atoms with Gasteiger partial charge in [-0.15, -0.1) is 0 Å². The van der Waals surface area contributed by atoms with E-state index >= 15 is 0 Å². The van der Waals surface area contributed by atoms with Crippen LogP contribution < -0.4 is 5.32 Å². The second kappa shape index (κ2) is 17.2. The van der Waals surface area contributed by atoms with Gasteiger partial charge in [0.25, 0.3) is 5.91 Å². The van der Waals surface area contributed by atoms with Crippen molar-refractivity contribution in [3.63, 3.8) is 0 Å². The van der Waals surface area contributed by atoms with Gasteiger partial charge in [-0.3, -0.25) is 19.3 Å². The number of esters is 1. The van der Waals surface area contributed by atoms with Gasteiger partial charge >= 0.3 is 5.97 Å². The first-order chi connectivity index (χ1) is 20.9. The van der Waals surface area contributed by atoms with E-state index in [4.69, 9.17) is 14.2 Å². The van der Waals surface area contributed by atoms with Gasteiger partial charge in [0.15, 0.2) is 0 Å². The molecule has 0 spiro atoms. The number of hydrogen-bond acceptors (Lipinski definition) is 7. The summed E-state index contributed by atoms with van der Waals surface area (Å²) in [5.41, 5.74) is 1.26. The number of nitrogens with one attached hydrogen (secondary N) is 1.